The molecule has 0 fully saturated rings. The molecule has 1 aromatic rings. The third-order valence-corrected chi connectivity index (χ3v) is 5.30. The number of amides is 3. The summed E-state index contributed by atoms with van der Waals surface area (Å²) >= 11 is 0. The third-order valence-electron chi connectivity index (χ3n) is 3.24. The maximum atomic E-state index is 12.4. The molecule has 3 amide bonds. The van der Waals surface area contributed by atoms with Gasteiger partial charge in [0.2, 0.25) is 15.9 Å². The molecule has 0 saturated carbocycles. The Morgan fingerprint density at radius 2 is 1.62 bits per heavy atom. The summed E-state index contributed by atoms with van der Waals surface area (Å²) in [6.07, 6.45) is 0. The van der Waals surface area contributed by atoms with Crippen molar-refractivity contribution in [3.8, 4) is 0 Å². The zero-order valence-corrected chi connectivity index (χ0v) is 14.9. The maximum Gasteiger partial charge on any atom is 0.321 e. The Morgan fingerprint density at radius 3 is 2.12 bits per heavy atom. The first-order valence-corrected chi connectivity index (χ1v) is 9.20. The van der Waals surface area contributed by atoms with E-state index in [4.69, 9.17) is 0 Å². The van der Waals surface area contributed by atoms with Crippen LogP contribution in [0.5, 0.6) is 0 Å². The molecule has 9 heteroatoms. The van der Waals surface area contributed by atoms with Crippen LogP contribution in [0.25, 0.3) is 0 Å². The van der Waals surface area contributed by atoms with Gasteiger partial charge in [-0.15, -0.1) is 0 Å². The number of rotatable bonds is 8. The quantitative estimate of drug-likeness (QED) is 0.643. The smallest absolute Gasteiger partial charge is 0.321 e. The lowest BCUT2D eigenvalue weighted by Gasteiger charge is -2.18. The third kappa shape index (κ3) is 5.50. The summed E-state index contributed by atoms with van der Waals surface area (Å²) in [6.45, 7) is 6.44. The predicted molar refractivity (Wildman–Crippen MR) is 92.3 cm³/mol. The highest BCUT2D eigenvalue weighted by Crippen LogP contribution is 2.18. The lowest BCUT2D eigenvalue weighted by atomic mass is 10.3. The van der Waals surface area contributed by atoms with E-state index in [1.54, 1.807) is 32.9 Å². The van der Waals surface area contributed by atoms with Crippen molar-refractivity contribution in [3.05, 3.63) is 24.3 Å². The highest BCUT2D eigenvalue weighted by Gasteiger charge is 2.21. The molecule has 0 bridgehead atoms. The summed E-state index contributed by atoms with van der Waals surface area (Å²) in [5.74, 6) is -0.485. The topological polar surface area (TPSA) is 108 Å². The molecule has 0 saturated heterocycles. The van der Waals surface area contributed by atoms with E-state index in [0.717, 1.165) is 0 Å². The SMILES string of the molecule is CCNC(=O)NC(=O)CNc1ccc(S(=O)(=O)N(CC)CC)cc1. The average molecular weight is 356 g/mol. The van der Waals surface area contributed by atoms with Crippen LogP contribution in [0.2, 0.25) is 0 Å². The first kappa shape index (κ1) is 19.9. The molecular weight excluding hydrogens is 332 g/mol. The van der Waals surface area contributed by atoms with E-state index < -0.39 is 22.0 Å². The minimum absolute atomic E-state index is 0.0979. The number of imide groups is 1. The second-order valence-electron chi connectivity index (χ2n) is 4.87. The van der Waals surface area contributed by atoms with E-state index in [1.165, 1.54) is 16.4 Å². The fraction of sp³-hybridized carbons (Fsp3) is 0.467. The molecule has 0 aliphatic heterocycles. The molecule has 1 rings (SSSR count). The van der Waals surface area contributed by atoms with Gasteiger partial charge in [-0.2, -0.15) is 4.31 Å². The standard InChI is InChI=1S/C15H24N4O4S/c1-4-16-15(21)18-14(20)11-17-12-7-9-13(10-8-12)24(22,23)19(5-2)6-3/h7-10,17H,4-6,11H2,1-3H3,(H2,16,18,20,21). The number of hydrogen-bond donors (Lipinski definition) is 3. The lowest BCUT2D eigenvalue weighted by Crippen LogP contribution is -2.41. The van der Waals surface area contributed by atoms with Gasteiger partial charge in [0, 0.05) is 25.3 Å². The molecule has 0 radical (unpaired) electrons. The number of nitrogens with one attached hydrogen (secondary N) is 3. The number of carbonyl (C=O) groups excluding carboxylic acids is 2. The highest BCUT2D eigenvalue weighted by atomic mass is 32.2. The lowest BCUT2D eigenvalue weighted by molar-refractivity contribution is -0.118. The van der Waals surface area contributed by atoms with Crippen LogP contribution in [-0.4, -0.2) is 50.8 Å². The van der Waals surface area contributed by atoms with Gasteiger partial charge < -0.3 is 10.6 Å². The van der Waals surface area contributed by atoms with Crippen molar-refractivity contribution in [1.29, 1.82) is 0 Å². The summed E-state index contributed by atoms with van der Waals surface area (Å²) in [4.78, 5) is 23.0. The number of sulfonamides is 1. The van der Waals surface area contributed by atoms with Gasteiger partial charge in [0.05, 0.1) is 11.4 Å². The van der Waals surface area contributed by atoms with E-state index in [0.29, 0.717) is 25.3 Å². The molecule has 0 unspecified atom stereocenters. The Hall–Kier alpha value is -2.13. The Kier molecular flexibility index (Phi) is 7.66. The van der Waals surface area contributed by atoms with Gasteiger partial charge in [-0.1, -0.05) is 13.8 Å². The van der Waals surface area contributed by atoms with E-state index in [2.05, 4.69) is 16.0 Å². The number of urea groups is 1. The number of nitrogens with zero attached hydrogens (tertiary/aromatic N) is 1. The Labute approximate surface area is 142 Å². The van der Waals surface area contributed by atoms with Crippen molar-refractivity contribution in [2.75, 3.05) is 31.5 Å². The van der Waals surface area contributed by atoms with Crippen LogP contribution in [0.4, 0.5) is 10.5 Å². The Morgan fingerprint density at radius 1 is 1.04 bits per heavy atom. The van der Waals surface area contributed by atoms with Crippen LogP contribution >= 0.6 is 0 Å². The summed E-state index contributed by atoms with van der Waals surface area (Å²) in [5, 5.41) is 7.44. The van der Waals surface area contributed by atoms with Crippen molar-refractivity contribution >= 4 is 27.6 Å². The van der Waals surface area contributed by atoms with Crippen molar-refractivity contribution in [1.82, 2.24) is 14.9 Å². The van der Waals surface area contributed by atoms with Crippen molar-refractivity contribution in [2.45, 2.75) is 25.7 Å². The normalized spacial score (nSPS) is 11.2. The number of carbonyl (C=O) groups is 2. The van der Waals surface area contributed by atoms with E-state index in [1.807, 2.05) is 0 Å². The zero-order chi connectivity index (χ0) is 18.2. The van der Waals surface area contributed by atoms with Gasteiger partial charge in [0.25, 0.3) is 0 Å². The maximum absolute atomic E-state index is 12.4. The summed E-state index contributed by atoms with van der Waals surface area (Å²) in [7, 11) is -3.50. The Bertz CT molecular complexity index is 655. The van der Waals surface area contributed by atoms with Gasteiger partial charge in [0.15, 0.2) is 0 Å². The summed E-state index contributed by atoms with van der Waals surface area (Å²) < 4.78 is 26.1. The van der Waals surface area contributed by atoms with Gasteiger partial charge in [0.1, 0.15) is 0 Å². The molecule has 8 nitrogen and oxygen atoms in total. The zero-order valence-electron chi connectivity index (χ0n) is 14.1. The van der Waals surface area contributed by atoms with Crippen LogP contribution in [0.3, 0.4) is 0 Å². The van der Waals surface area contributed by atoms with Crippen LogP contribution in [-0.2, 0) is 14.8 Å². The monoisotopic (exact) mass is 356 g/mol. The van der Waals surface area contributed by atoms with Crippen molar-refractivity contribution in [3.63, 3.8) is 0 Å². The molecule has 0 atom stereocenters. The molecule has 0 aliphatic rings. The fourth-order valence-electron chi connectivity index (χ4n) is 2.02. The van der Waals surface area contributed by atoms with Crippen LogP contribution < -0.4 is 16.0 Å². The largest absolute Gasteiger partial charge is 0.376 e. The minimum Gasteiger partial charge on any atom is -0.376 e. The van der Waals surface area contributed by atoms with Crippen LogP contribution in [0.1, 0.15) is 20.8 Å². The minimum atomic E-state index is -3.50. The second-order valence-corrected chi connectivity index (χ2v) is 6.81. The summed E-state index contributed by atoms with van der Waals surface area (Å²) in [5.41, 5.74) is 0.583. The van der Waals surface area contributed by atoms with E-state index in [-0.39, 0.29) is 11.4 Å². The molecule has 1 aromatic carbocycles. The Balaban J connectivity index is 2.65. The van der Waals surface area contributed by atoms with Gasteiger partial charge in [-0.25, -0.2) is 13.2 Å². The van der Waals surface area contributed by atoms with Crippen LogP contribution in [0, 0.1) is 0 Å². The first-order valence-electron chi connectivity index (χ1n) is 7.76. The summed E-state index contributed by atoms with van der Waals surface area (Å²) in [6, 6.07) is 5.57. The first-order chi connectivity index (χ1) is 11.3. The molecule has 0 spiro atoms. The highest BCUT2D eigenvalue weighted by molar-refractivity contribution is 7.89. The number of benzene rings is 1. The van der Waals surface area contributed by atoms with E-state index >= 15 is 0 Å². The van der Waals surface area contributed by atoms with E-state index in [9.17, 15) is 18.0 Å². The molecule has 3 N–H and O–H groups in total. The second kappa shape index (κ2) is 9.24. The number of hydrogen-bond acceptors (Lipinski definition) is 5. The average Bonchev–Trinajstić information content (AvgIpc) is 2.54. The van der Waals surface area contributed by atoms with Crippen molar-refractivity contribution < 1.29 is 18.0 Å². The number of anilines is 1. The molecule has 134 valence electrons. The van der Waals surface area contributed by atoms with Crippen molar-refractivity contribution in [2.24, 2.45) is 0 Å². The molecule has 0 heterocycles. The molecule has 0 aliphatic carbocycles. The molecule has 0 aromatic heterocycles. The molecular formula is C15H24N4O4S. The van der Waals surface area contributed by atoms with Crippen LogP contribution in [0.15, 0.2) is 29.2 Å². The predicted octanol–water partition coefficient (Wildman–Crippen LogP) is 0.975. The fourth-order valence-corrected chi connectivity index (χ4v) is 3.47. The van der Waals surface area contributed by atoms with Gasteiger partial charge >= 0.3 is 6.03 Å². The van der Waals surface area contributed by atoms with Gasteiger partial charge in [-0.3, -0.25) is 10.1 Å². The van der Waals surface area contributed by atoms with Gasteiger partial charge in [-0.05, 0) is 31.2 Å². The molecule has 24 heavy (non-hydrogen) atoms.